The molecule has 8 nitrogen and oxygen atoms in total. The molecule has 3 N–H and O–H groups in total. The van der Waals surface area contributed by atoms with Gasteiger partial charge in [-0.05, 0) is 6.42 Å². The van der Waals surface area contributed by atoms with Gasteiger partial charge in [0.2, 0.25) is 5.88 Å². The van der Waals surface area contributed by atoms with Gasteiger partial charge in [-0.1, -0.05) is 0 Å². The zero-order valence-electron chi connectivity index (χ0n) is 10.9. The first-order valence-electron chi connectivity index (χ1n) is 6.36. The number of rotatable bonds is 3. The summed E-state index contributed by atoms with van der Waals surface area (Å²) in [4.78, 5) is 12.3. The molecule has 2 aromatic heterocycles. The van der Waals surface area contributed by atoms with Crippen LogP contribution in [0, 0.1) is 5.92 Å². The molecule has 0 amide bonds. The second-order valence-corrected chi connectivity index (χ2v) is 4.93. The summed E-state index contributed by atoms with van der Waals surface area (Å²) >= 11 is 0. The van der Waals surface area contributed by atoms with Crippen LogP contribution in [0.2, 0.25) is 0 Å². The van der Waals surface area contributed by atoms with Crippen molar-refractivity contribution >= 4 is 11.2 Å². The molecule has 0 aromatic carbocycles. The smallest absolute Gasteiger partial charge is 0.245 e. The Morgan fingerprint density at radius 3 is 2.75 bits per heavy atom. The van der Waals surface area contributed by atoms with Gasteiger partial charge in [0, 0.05) is 12.5 Å². The van der Waals surface area contributed by atoms with E-state index in [4.69, 9.17) is 4.74 Å². The Morgan fingerprint density at radius 1 is 1.30 bits per heavy atom. The molecule has 1 aliphatic rings. The standard InChI is InChI=1S/C12H16N4O4/c1-20-12-8-11(13-4-14-12)16(5-15-8)7-2-6(3-17)9(18)10(7)19/h4-7,9-10,17-19H,2-3H2,1H3/t6-,7-,9-,10+/m1/s1. The van der Waals surface area contributed by atoms with Crippen LogP contribution < -0.4 is 4.74 Å². The maximum Gasteiger partial charge on any atom is 0.245 e. The number of methoxy groups -OCH3 is 1. The Hall–Kier alpha value is -1.77. The van der Waals surface area contributed by atoms with Crippen molar-refractivity contribution in [3.63, 3.8) is 0 Å². The third-order valence-electron chi connectivity index (χ3n) is 3.88. The second kappa shape index (κ2) is 4.97. The average molecular weight is 280 g/mol. The molecule has 1 aliphatic carbocycles. The molecular formula is C12H16N4O4. The minimum Gasteiger partial charge on any atom is -0.479 e. The molecule has 1 saturated carbocycles. The van der Waals surface area contributed by atoms with Gasteiger partial charge in [-0.3, -0.25) is 0 Å². The average Bonchev–Trinajstić information content (AvgIpc) is 3.01. The van der Waals surface area contributed by atoms with Crippen molar-refractivity contribution in [1.29, 1.82) is 0 Å². The molecule has 4 atom stereocenters. The highest BCUT2D eigenvalue weighted by molar-refractivity contribution is 5.76. The van der Waals surface area contributed by atoms with Crippen molar-refractivity contribution in [3.8, 4) is 5.88 Å². The second-order valence-electron chi connectivity index (χ2n) is 4.93. The van der Waals surface area contributed by atoms with E-state index in [9.17, 15) is 15.3 Å². The maximum atomic E-state index is 10.1. The van der Waals surface area contributed by atoms with Gasteiger partial charge >= 0.3 is 0 Å². The number of nitrogens with zero attached hydrogens (tertiary/aromatic N) is 4. The Bertz CT molecular complexity index is 617. The third-order valence-corrected chi connectivity index (χ3v) is 3.88. The summed E-state index contributed by atoms with van der Waals surface area (Å²) in [6, 6.07) is -0.383. The van der Waals surface area contributed by atoms with E-state index in [0.29, 0.717) is 23.5 Å². The van der Waals surface area contributed by atoms with Crippen LogP contribution in [0.15, 0.2) is 12.7 Å². The molecule has 0 radical (unpaired) electrons. The molecule has 0 bridgehead atoms. The van der Waals surface area contributed by atoms with Crippen LogP contribution in [0.4, 0.5) is 0 Å². The molecule has 2 aromatic rings. The first-order chi connectivity index (χ1) is 9.67. The van der Waals surface area contributed by atoms with Gasteiger partial charge < -0.3 is 24.6 Å². The first-order valence-corrected chi connectivity index (χ1v) is 6.36. The molecular weight excluding hydrogens is 264 g/mol. The van der Waals surface area contributed by atoms with E-state index in [-0.39, 0.29) is 18.6 Å². The van der Waals surface area contributed by atoms with Gasteiger partial charge in [0.1, 0.15) is 12.4 Å². The predicted molar refractivity (Wildman–Crippen MR) is 68.1 cm³/mol. The quantitative estimate of drug-likeness (QED) is 0.668. The normalized spacial score (nSPS) is 30.0. The topological polar surface area (TPSA) is 114 Å². The fourth-order valence-corrected chi connectivity index (χ4v) is 2.78. The molecule has 0 aliphatic heterocycles. The van der Waals surface area contributed by atoms with Gasteiger partial charge in [-0.2, -0.15) is 4.98 Å². The van der Waals surface area contributed by atoms with Crippen LogP contribution in [0.1, 0.15) is 12.5 Å². The van der Waals surface area contributed by atoms with Gasteiger partial charge in [0.05, 0.1) is 25.6 Å². The third kappa shape index (κ3) is 1.84. The van der Waals surface area contributed by atoms with Gasteiger partial charge in [0.15, 0.2) is 11.2 Å². The lowest BCUT2D eigenvalue weighted by molar-refractivity contribution is -0.00370. The lowest BCUT2D eigenvalue weighted by Gasteiger charge is -2.18. The van der Waals surface area contributed by atoms with Crippen molar-refractivity contribution in [2.75, 3.05) is 13.7 Å². The Labute approximate surface area is 114 Å². The summed E-state index contributed by atoms with van der Waals surface area (Å²) in [7, 11) is 1.50. The van der Waals surface area contributed by atoms with E-state index >= 15 is 0 Å². The van der Waals surface area contributed by atoms with E-state index in [1.54, 1.807) is 10.9 Å². The van der Waals surface area contributed by atoms with Crippen LogP contribution in [-0.2, 0) is 0 Å². The molecule has 20 heavy (non-hydrogen) atoms. The molecule has 0 spiro atoms. The van der Waals surface area contributed by atoms with E-state index in [2.05, 4.69) is 15.0 Å². The zero-order chi connectivity index (χ0) is 14.3. The lowest BCUT2D eigenvalue weighted by atomic mass is 10.1. The van der Waals surface area contributed by atoms with E-state index < -0.39 is 12.2 Å². The maximum absolute atomic E-state index is 10.1. The van der Waals surface area contributed by atoms with Crippen LogP contribution in [0.5, 0.6) is 5.88 Å². The Morgan fingerprint density at radius 2 is 2.10 bits per heavy atom. The largest absolute Gasteiger partial charge is 0.479 e. The monoisotopic (exact) mass is 280 g/mol. The van der Waals surface area contributed by atoms with Crippen molar-refractivity contribution < 1.29 is 20.1 Å². The van der Waals surface area contributed by atoms with Crippen LogP contribution in [0.3, 0.4) is 0 Å². The molecule has 3 rings (SSSR count). The summed E-state index contributed by atoms with van der Waals surface area (Å²) in [6.45, 7) is -0.167. The van der Waals surface area contributed by atoms with E-state index in [0.717, 1.165) is 0 Å². The summed E-state index contributed by atoms with van der Waals surface area (Å²) in [5.41, 5.74) is 1.04. The number of ether oxygens (including phenoxy) is 1. The van der Waals surface area contributed by atoms with Crippen molar-refractivity contribution in [2.24, 2.45) is 5.92 Å². The Kier molecular flexibility index (Phi) is 3.28. The summed E-state index contributed by atoms with van der Waals surface area (Å²) in [5.74, 6) is 0.0108. The van der Waals surface area contributed by atoms with Crippen LogP contribution in [0.25, 0.3) is 11.2 Å². The minimum atomic E-state index is -0.967. The number of hydrogen-bond acceptors (Lipinski definition) is 7. The van der Waals surface area contributed by atoms with Gasteiger partial charge in [-0.25, -0.2) is 9.97 Å². The molecule has 8 heteroatoms. The highest BCUT2D eigenvalue weighted by Gasteiger charge is 2.42. The number of hydrogen-bond donors (Lipinski definition) is 3. The van der Waals surface area contributed by atoms with Crippen LogP contribution >= 0.6 is 0 Å². The number of aromatic nitrogens is 4. The molecule has 0 saturated heterocycles. The zero-order valence-corrected chi connectivity index (χ0v) is 10.9. The summed E-state index contributed by atoms with van der Waals surface area (Å²) in [5, 5.41) is 29.3. The SMILES string of the molecule is COc1ncnc2c1ncn2[C@@H]1C[C@H](CO)[C@@H](O)[C@H]1O. The van der Waals surface area contributed by atoms with Crippen molar-refractivity contribution in [1.82, 2.24) is 19.5 Å². The first kappa shape index (κ1) is 13.2. The fraction of sp³-hybridized carbons (Fsp3) is 0.583. The Balaban J connectivity index is 2.03. The van der Waals surface area contributed by atoms with Gasteiger partial charge in [-0.15, -0.1) is 0 Å². The highest BCUT2D eigenvalue weighted by Crippen LogP contribution is 2.37. The number of aliphatic hydroxyl groups excluding tert-OH is 3. The minimum absolute atomic E-state index is 0.167. The number of fused-ring (bicyclic) bond motifs is 1. The van der Waals surface area contributed by atoms with Gasteiger partial charge in [0.25, 0.3) is 0 Å². The molecule has 1 fully saturated rings. The van der Waals surface area contributed by atoms with Crippen molar-refractivity contribution in [2.45, 2.75) is 24.7 Å². The predicted octanol–water partition coefficient (Wildman–Crippen LogP) is -0.890. The summed E-state index contributed by atoms with van der Waals surface area (Å²) in [6.07, 6.45) is 1.44. The van der Waals surface area contributed by atoms with Crippen molar-refractivity contribution in [3.05, 3.63) is 12.7 Å². The highest BCUT2D eigenvalue weighted by atomic mass is 16.5. The number of aliphatic hydroxyl groups is 3. The van der Waals surface area contributed by atoms with Crippen LogP contribution in [-0.4, -0.2) is 60.8 Å². The number of imidazole rings is 1. The summed E-state index contributed by atoms with van der Waals surface area (Å²) < 4.78 is 6.81. The molecule has 0 unspecified atom stereocenters. The van der Waals surface area contributed by atoms with E-state index in [1.165, 1.54) is 13.4 Å². The molecule has 2 heterocycles. The molecule has 108 valence electrons. The fourth-order valence-electron chi connectivity index (χ4n) is 2.78. The lowest BCUT2D eigenvalue weighted by Crippen LogP contribution is -2.30. The van der Waals surface area contributed by atoms with E-state index in [1.807, 2.05) is 0 Å².